The zero-order valence-electron chi connectivity index (χ0n) is 22.8. The Bertz CT molecular complexity index is 1180. The second-order valence-electron chi connectivity index (χ2n) is 10.9. The number of rotatable bonds is 9. The van der Waals surface area contributed by atoms with E-state index in [2.05, 4.69) is 71.9 Å². The fourth-order valence-corrected chi connectivity index (χ4v) is 9.52. The molecule has 37 heavy (non-hydrogen) atoms. The van der Waals surface area contributed by atoms with Gasteiger partial charge in [0.2, 0.25) is 0 Å². The maximum atomic E-state index is 13.7. The molecular formula is C28H39ClN2O2RuSSi2. The molecule has 0 amide bonds. The summed E-state index contributed by atoms with van der Waals surface area (Å²) in [5.74, 6) is -0.113. The van der Waals surface area contributed by atoms with Crippen molar-refractivity contribution in [2.75, 3.05) is 0 Å². The molecule has 9 heteroatoms. The van der Waals surface area contributed by atoms with Gasteiger partial charge in [0, 0.05) is 0 Å². The molecule has 3 rings (SSSR count). The summed E-state index contributed by atoms with van der Waals surface area (Å²) in [4.78, 5) is 0. The van der Waals surface area contributed by atoms with E-state index in [1.54, 1.807) is 0 Å². The van der Waals surface area contributed by atoms with Crippen LogP contribution in [0.2, 0.25) is 39.3 Å². The van der Waals surface area contributed by atoms with Gasteiger partial charge in [0.25, 0.3) is 0 Å². The molecule has 0 saturated heterocycles. The third-order valence-corrected chi connectivity index (χ3v) is 11.4. The number of hydrogen-bond acceptors (Lipinski definition) is 2. The molecule has 0 aliphatic heterocycles. The number of nitrogens with zero attached hydrogens (tertiary/aromatic N) is 1. The number of sulfonamides is 1. The molecule has 202 valence electrons. The van der Waals surface area contributed by atoms with E-state index in [9.17, 15) is 8.42 Å². The summed E-state index contributed by atoms with van der Waals surface area (Å²) in [6.45, 7) is 13.5. The van der Waals surface area contributed by atoms with E-state index in [0.29, 0.717) is 0 Å². The van der Waals surface area contributed by atoms with E-state index in [1.165, 1.54) is 10.4 Å². The van der Waals surface area contributed by atoms with Crippen molar-refractivity contribution in [1.82, 2.24) is 0 Å². The Labute approximate surface area is 241 Å². The SMILES string of the molecule is C[Si](C)(C)c1cccc([Si](C)(C)C)c1CS(=O)(=O)[N-]C(c1ccccc1)C([NH-])c1ccccc1.[CH3-].[Cl][Ru+3]. The Morgan fingerprint density at radius 1 is 0.757 bits per heavy atom. The monoisotopic (exact) mass is 660 g/mol. The molecule has 0 fully saturated rings. The average molecular weight is 660 g/mol. The van der Waals surface area contributed by atoms with Gasteiger partial charge in [-0.25, -0.2) is 8.42 Å². The number of benzene rings is 3. The second kappa shape index (κ2) is 14.3. The molecule has 0 aliphatic carbocycles. The van der Waals surface area contributed by atoms with Crippen LogP contribution in [0.3, 0.4) is 0 Å². The third kappa shape index (κ3) is 9.54. The molecule has 3 aromatic rings. The molecule has 0 radical (unpaired) electrons. The first kappa shape index (κ1) is 33.9. The van der Waals surface area contributed by atoms with Crippen molar-refractivity contribution < 1.29 is 25.7 Å². The number of nitrogens with one attached hydrogen (secondary N) is 1. The van der Waals surface area contributed by atoms with Gasteiger partial charge in [-0.15, -0.1) is 12.1 Å². The fourth-order valence-electron chi connectivity index (χ4n) is 4.35. The Morgan fingerprint density at radius 3 is 1.57 bits per heavy atom. The van der Waals surface area contributed by atoms with Gasteiger partial charge in [-0.2, -0.15) is 0 Å². The molecule has 2 atom stereocenters. The van der Waals surface area contributed by atoms with E-state index in [-0.39, 0.29) is 13.2 Å². The van der Waals surface area contributed by atoms with Gasteiger partial charge < -0.3 is 17.9 Å². The van der Waals surface area contributed by atoms with Gasteiger partial charge in [-0.05, 0) is 5.56 Å². The van der Waals surface area contributed by atoms with Crippen LogP contribution in [0, 0.1) is 7.43 Å². The molecular weight excluding hydrogens is 621 g/mol. The van der Waals surface area contributed by atoms with E-state index in [4.69, 9.17) is 5.73 Å². The molecule has 0 aromatic heterocycles. The Balaban J connectivity index is 0.00000223. The van der Waals surface area contributed by atoms with Crippen LogP contribution in [0.4, 0.5) is 0 Å². The molecule has 0 spiro atoms. The quantitative estimate of drug-likeness (QED) is 0.175. The van der Waals surface area contributed by atoms with E-state index in [0.717, 1.165) is 16.7 Å². The van der Waals surface area contributed by atoms with Crippen molar-refractivity contribution in [2.24, 2.45) is 0 Å². The van der Waals surface area contributed by atoms with Crippen molar-refractivity contribution in [1.29, 1.82) is 0 Å². The van der Waals surface area contributed by atoms with Gasteiger partial charge in [0.05, 0.1) is 31.9 Å². The summed E-state index contributed by atoms with van der Waals surface area (Å²) < 4.78 is 31.7. The predicted molar refractivity (Wildman–Crippen MR) is 163 cm³/mol. The van der Waals surface area contributed by atoms with E-state index >= 15 is 0 Å². The van der Waals surface area contributed by atoms with Crippen LogP contribution in [0.25, 0.3) is 10.5 Å². The molecule has 0 saturated carbocycles. The van der Waals surface area contributed by atoms with Crippen LogP contribution in [0.1, 0.15) is 28.8 Å². The summed E-state index contributed by atoms with van der Waals surface area (Å²) in [6, 6.07) is 23.4. The molecule has 1 N–H and O–H groups in total. The van der Waals surface area contributed by atoms with Crippen LogP contribution in [-0.4, -0.2) is 24.6 Å². The first-order valence-corrected chi connectivity index (χ1v) is 22.7. The van der Waals surface area contributed by atoms with Crippen molar-refractivity contribution in [3.63, 3.8) is 0 Å². The topological polar surface area (TPSA) is 72.0 Å². The Kier molecular flexibility index (Phi) is 13.1. The maximum absolute atomic E-state index is 13.7. The first-order valence-electron chi connectivity index (χ1n) is 11.8. The molecule has 0 bridgehead atoms. The summed E-state index contributed by atoms with van der Waals surface area (Å²) in [6.07, 6.45) is 0. The number of halogens is 1. The van der Waals surface area contributed by atoms with Crippen LogP contribution in [-0.2, 0) is 33.1 Å². The Morgan fingerprint density at radius 2 is 1.16 bits per heavy atom. The van der Waals surface area contributed by atoms with Gasteiger partial charge in [0.15, 0.2) is 0 Å². The van der Waals surface area contributed by atoms with Gasteiger partial charge >= 0.3 is 27.0 Å². The van der Waals surface area contributed by atoms with Gasteiger partial charge in [0.1, 0.15) is 0 Å². The summed E-state index contributed by atoms with van der Waals surface area (Å²) in [5, 5.41) is 2.38. The minimum absolute atomic E-state index is 0. The first-order chi connectivity index (χ1) is 16.8. The van der Waals surface area contributed by atoms with Crippen molar-refractivity contribution in [3.8, 4) is 0 Å². The predicted octanol–water partition coefficient (Wildman–Crippen LogP) is 7.65. The minimum atomic E-state index is -3.85. The zero-order valence-corrected chi connectivity index (χ0v) is 28.1. The summed E-state index contributed by atoms with van der Waals surface area (Å²) >= 11 is 1.82. The van der Waals surface area contributed by atoms with E-state index < -0.39 is 38.3 Å². The van der Waals surface area contributed by atoms with Crippen LogP contribution in [0.5, 0.6) is 0 Å². The van der Waals surface area contributed by atoms with Gasteiger partial charge in [-0.1, -0.05) is 140 Å². The van der Waals surface area contributed by atoms with Crippen molar-refractivity contribution >= 4 is 46.2 Å². The van der Waals surface area contributed by atoms with Crippen LogP contribution in [0.15, 0.2) is 78.9 Å². The van der Waals surface area contributed by atoms with Crippen LogP contribution >= 0.6 is 9.69 Å². The number of hydrogen-bond donors (Lipinski definition) is 0. The second-order valence-corrected chi connectivity index (χ2v) is 22.6. The van der Waals surface area contributed by atoms with E-state index in [1.807, 2.05) is 78.0 Å². The standard InChI is InChI=1S/C27H36N2O2SSi2.CH3.ClH.Ru/c1-33(2,3)24-18-13-19-25(34(4,5)6)23(24)20-32(30,31)29-27(22-16-11-8-12-17-22)26(28)21-14-9-7-10-15-21;;;/h7-19,26-28H,20H2,1-6H3;1H3;1H;/q-2;-1;;+4/p-1. The zero-order chi connectivity index (χ0) is 27.1. The molecule has 3 aromatic carbocycles. The van der Waals surface area contributed by atoms with Crippen molar-refractivity contribution in [3.05, 3.63) is 113 Å². The average Bonchev–Trinajstić information content (AvgIpc) is 2.83. The fraction of sp³-hybridized carbons (Fsp3) is 0.321. The van der Waals surface area contributed by atoms with Crippen molar-refractivity contribution in [2.45, 2.75) is 57.1 Å². The van der Waals surface area contributed by atoms with Crippen LogP contribution < -0.4 is 10.4 Å². The third-order valence-electron chi connectivity index (χ3n) is 6.01. The van der Waals surface area contributed by atoms with Gasteiger partial charge in [-0.3, -0.25) is 0 Å². The molecule has 2 unspecified atom stereocenters. The normalized spacial score (nSPS) is 13.5. The summed E-state index contributed by atoms with van der Waals surface area (Å²) in [7, 11) is -2.86. The summed E-state index contributed by atoms with van der Waals surface area (Å²) in [5.41, 5.74) is 11.3. The molecule has 0 heterocycles. The molecule has 0 aliphatic rings. The molecule has 4 nitrogen and oxygen atoms in total. The Hall–Kier alpha value is -1.12.